The van der Waals surface area contributed by atoms with Crippen molar-refractivity contribution in [2.24, 2.45) is 0 Å². The van der Waals surface area contributed by atoms with Crippen LogP contribution in [0.5, 0.6) is 0 Å². The average molecular weight is 387 g/mol. The van der Waals surface area contributed by atoms with E-state index in [0.717, 1.165) is 32.4 Å². The van der Waals surface area contributed by atoms with Crippen molar-refractivity contribution in [3.05, 3.63) is 53.6 Å². The highest BCUT2D eigenvalue weighted by molar-refractivity contribution is 7.98. The van der Waals surface area contributed by atoms with Crippen molar-refractivity contribution in [3.8, 4) is 0 Å². The molecule has 0 saturated carbocycles. The third-order valence-electron chi connectivity index (χ3n) is 4.17. The third-order valence-corrected chi connectivity index (χ3v) is 5.98. The Labute approximate surface area is 162 Å². The fourth-order valence-corrected chi connectivity index (χ4v) is 4.39. The summed E-state index contributed by atoms with van der Waals surface area (Å²) in [5.74, 6) is 0.0136. The molecule has 0 fully saturated rings. The number of nitrogens with zero attached hydrogens (tertiary/aromatic N) is 2. The van der Waals surface area contributed by atoms with Crippen molar-refractivity contribution >= 4 is 44.4 Å². The minimum atomic E-state index is 0.0136. The molecule has 26 heavy (non-hydrogen) atoms. The van der Waals surface area contributed by atoms with Gasteiger partial charge in [0, 0.05) is 10.5 Å². The summed E-state index contributed by atoms with van der Waals surface area (Å²) in [7, 11) is 4.19. The van der Waals surface area contributed by atoms with Gasteiger partial charge in [-0.05, 0) is 37.4 Å². The molecule has 1 N–H and O–H groups in total. The van der Waals surface area contributed by atoms with Crippen LogP contribution in [0.1, 0.15) is 15.9 Å². The van der Waals surface area contributed by atoms with Crippen LogP contribution in [-0.2, 0) is 0 Å². The number of thiazole rings is 1. The number of hydrogen-bond acceptors (Lipinski definition) is 4. The van der Waals surface area contributed by atoms with E-state index in [1.54, 1.807) is 23.1 Å². The topological polar surface area (TPSA) is 37.6 Å². The van der Waals surface area contributed by atoms with Crippen molar-refractivity contribution in [2.45, 2.75) is 11.8 Å². The molecule has 3 aromatic rings. The molecule has 1 aromatic heterocycles. The minimum absolute atomic E-state index is 0.0136. The first-order valence-corrected chi connectivity index (χ1v) is 10.6. The van der Waals surface area contributed by atoms with Crippen LogP contribution in [0, 0.1) is 6.92 Å². The van der Waals surface area contributed by atoms with Crippen LogP contribution < -0.4 is 9.80 Å². The zero-order valence-electron chi connectivity index (χ0n) is 15.6. The van der Waals surface area contributed by atoms with Gasteiger partial charge >= 0.3 is 0 Å². The molecular formula is C20H24N3OS2+. The summed E-state index contributed by atoms with van der Waals surface area (Å²) in [6.45, 7) is 3.51. The Balaban J connectivity index is 2.02. The lowest BCUT2D eigenvalue weighted by molar-refractivity contribution is -0.856. The molecule has 6 heteroatoms. The van der Waals surface area contributed by atoms with Crippen molar-refractivity contribution in [1.82, 2.24) is 4.98 Å². The SMILES string of the molecule is CSc1cccc2sc(N(CC[NH+](C)C)C(=O)c3cccc(C)c3)nc12. The van der Waals surface area contributed by atoms with E-state index in [0.29, 0.717) is 12.1 Å². The molecule has 1 amide bonds. The predicted octanol–water partition coefficient (Wildman–Crippen LogP) is 3.12. The van der Waals surface area contributed by atoms with Crippen molar-refractivity contribution < 1.29 is 9.69 Å². The van der Waals surface area contributed by atoms with Gasteiger partial charge in [0.2, 0.25) is 0 Å². The first kappa shape index (κ1) is 18.9. The zero-order chi connectivity index (χ0) is 18.7. The number of carbonyl (C=O) groups is 1. The van der Waals surface area contributed by atoms with Gasteiger partial charge < -0.3 is 4.90 Å². The number of rotatable bonds is 6. The van der Waals surface area contributed by atoms with Gasteiger partial charge in [-0.3, -0.25) is 9.69 Å². The van der Waals surface area contributed by atoms with E-state index in [1.807, 2.05) is 42.2 Å². The number of fused-ring (bicyclic) bond motifs is 1. The maximum atomic E-state index is 13.2. The third kappa shape index (κ3) is 4.09. The highest BCUT2D eigenvalue weighted by atomic mass is 32.2. The van der Waals surface area contributed by atoms with Crippen molar-refractivity contribution in [2.75, 3.05) is 38.3 Å². The molecule has 2 aromatic carbocycles. The Morgan fingerprint density at radius 2 is 2.00 bits per heavy atom. The van der Waals surface area contributed by atoms with Gasteiger partial charge in [-0.1, -0.05) is 35.1 Å². The van der Waals surface area contributed by atoms with Crippen LogP contribution in [0.3, 0.4) is 0 Å². The van der Waals surface area contributed by atoms with E-state index in [1.165, 1.54) is 4.90 Å². The van der Waals surface area contributed by atoms with E-state index in [-0.39, 0.29) is 5.91 Å². The molecule has 0 aliphatic rings. The molecule has 0 saturated heterocycles. The molecule has 0 aliphatic heterocycles. The summed E-state index contributed by atoms with van der Waals surface area (Å²) in [4.78, 5) is 22.3. The van der Waals surface area contributed by atoms with E-state index in [2.05, 4.69) is 32.5 Å². The summed E-state index contributed by atoms with van der Waals surface area (Å²) < 4.78 is 1.12. The van der Waals surface area contributed by atoms with Gasteiger partial charge in [-0.2, -0.15) is 0 Å². The van der Waals surface area contributed by atoms with Gasteiger partial charge in [-0.25, -0.2) is 4.98 Å². The van der Waals surface area contributed by atoms with Crippen LogP contribution in [0.15, 0.2) is 47.4 Å². The van der Waals surface area contributed by atoms with E-state index < -0.39 is 0 Å². The number of benzene rings is 2. The highest BCUT2D eigenvalue weighted by Gasteiger charge is 2.22. The van der Waals surface area contributed by atoms with Gasteiger partial charge in [0.25, 0.3) is 5.91 Å². The minimum Gasteiger partial charge on any atom is -0.338 e. The Hall–Kier alpha value is -1.89. The van der Waals surface area contributed by atoms with E-state index in [9.17, 15) is 4.79 Å². The van der Waals surface area contributed by atoms with Crippen LogP contribution in [-0.4, -0.2) is 44.3 Å². The highest BCUT2D eigenvalue weighted by Crippen LogP contribution is 2.34. The first-order valence-electron chi connectivity index (χ1n) is 8.60. The smallest absolute Gasteiger partial charge is 0.260 e. The standard InChI is InChI=1S/C20H23N3OS2/c1-14-7-5-8-15(13-14)19(24)23(12-11-22(2)3)20-21-18-16(25-4)9-6-10-17(18)26-20/h5-10,13H,11-12H2,1-4H3/p+1. The first-order chi connectivity index (χ1) is 12.5. The van der Waals surface area contributed by atoms with Gasteiger partial charge in [0.15, 0.2) is 5.13 Å². The normalized spacial score (nSPS) is 11.3. The molecule has 0 spiro atoms. The predicted molar refractivity (Wildman–Crippen MR) is 112 cm³/mol. The lowest BCUT2D eigenvalue weighted by Crippen LogP contribution is -3.06. The van der Waals surface area contributed by atoms with Crippen molar-refractivity contribution in [1.29, 1.82) is 0 Å². The number of hydrogen-bond donors (Lipinski definition) is 1. The molecule has 4 nitrogen and oxygen atoms in total. The molecule has 3 rings (SSSR count). The maximum Gasteiger partial charge on any atom is 0.260 e. The summed E-state index contributed by atoms with van der Waals surface area (Å²) >= 11 is 3.27. The lowest BCUT2D eigenvalue weighted by Gasteiger charge is -2.21. The van der Waals surface area contributed by atoms with Crippen molar-refractivity contribution in [3.63, 3.8) is 0 Å². The number of para-hydroxylation sites is 1. The second kappa shape index (κ2) is 8.20. The van der Waals surface area contributed by atoms with Gasteiger partial charge in [0.1, 0.15) is 0 Å². The van der Waals surface area contributed by atoms with E-state index >= 15 is 0 Å². The number of likely N-dealkylation sites (N-methyl/N-ethyl adjacent to an activating group) is 1. The van der Waals surface area contributed by atoms with Crippen LogP contribution in [0.4, 0.5) is 5.13 Å². The number of aryl methyl sites for hydroxylation is 1. The monoisotopic (exact) mass is 386 g/mol. The molecule has 1 heterocycles. The second-order valence-corrected chi connectivity index (χ2v) is 8.44. The maximum absolute atomic E-state index is 13.2. The number of aromatic nitrogens is 1. The molecule has 0 aliphatic carbocycles. The Kier molecular flexibility index (Phi) is 5.96. The Bertz CT molecular complexity index is 920. The number of nitrogens with one attached hydrogen (secondary N) is 1. The summed E-state index contributed by atoms with van der Waals surface area (Å²) in [5.41, 5.74) is 2.78. The van der Waals surface area contributed by atoms with Gasteiger partial charge in [-0.15, -0.1) is 11.8 Å². The van der Waals surface area contributed by atoms with Crippen LogP contribution in [0.2, 0.25) is 0 Å². The molecular weight excluding hydrogens is 362 g/mol. The molecule has 0 atom stereocenters. The molecule has 0 unspecified atom stereocenters. The number of quaternary nitrogens is 1. The van der Waals surface area contributed by atoms with Crippen LogP contribution in [0.25, 0.3) is 10.2 Å². The Morgan fingerprint density at radius 3 is 2.69 bits per heavy atom. The number of amides is 1. The number of thioether (sulfide) groups is 1. The van der Waals surface area contributed by atoms with Crippen LogP contribution >= 0.6 is 23.1 Å². The zero-order valence-corrected chi connectivity index (χ0v) is 17.2. The fraction of sp³-hybridized carbons (Fsp3) is 0.300. The molecule has 0 radical (unpaired) electrons. The number of carbonyl (C=O) groups excluding carboxylic acids is 1. The average Bonchev–Trinajstić information content (AvgIpc) is 3.05. The fourth-order valence-electron chi connectivity index (χ4n) is 2.75. The summed E-state index contributed by atoms with van der Waals surface area (Å²) in [5, 5.41) is 0.772. The van der Waals surface area contributed by atoms with E-state index in [4.69, 9.17) is 4.98 Å². The quantitative estimate of drug-likeness (QED) is 0.662. The number of anilines is 1. The molecule has 0 bridgehead atoms. The Morgan fingerprint density at radius 1 is 1.23 bits per heavy atom. The lowest BCUT2D eigenvalue weighted by atomic mass is 10.1. The molecule has 136 valence electrons. The summed E-state index contributed by atoms with van der Waals surface area (Å²) in [6, 6.07) is 14.0. The largest absolute Gasteiger partial charge is 0.338 e. The van der Waals surface area contributed by atoms with Gasteiger partial charge in [0.05, 0.1) is 37.4 Å². The summed E-state index contributed by atoms with van der Waals surface area (Å²) in [6.07, 6.45) is 2.05. The second-order valence-electron chi connectivity index (χ2n) is 6.59.